The normalized spacial score (nSPS) is 10.3. The van der Waals surface area contributed by atoms with E-state index in [9.17, 15) is 0 Å². The number of hydrogen-bond acceptors (Lipinski definition) is 5. The van der Waals surface area contributed by atoms with Crippen LogP contribution in [0.25, 0.3) is 0 Å². The van der Waals surface area contributed by atoms with Crippen LogP contribution < -0.4 is 5.73 Å². The zero-order valence-electron chi connectivity index (χ0n) is 10.2. The zero-order chi connectivity index (χ0) is 13.1. The van der Waals surface area contributed by atoms with Crippen molar-refractivity contribution in [1.29, 1.82) is 5.26 Å². The van der Waals surface area contributed by atoms with Gasteiger partial charge in [0.15, 0.2) is 5.13 Å². The van der Waals surface area contributed by atoms with Gasteiger partial charge in [0.2, 0.25) is 0 Å². The van der Waals surface area contributed by atoms with Crippen molar-refractivity contribution in [3.05, 3.63) is 40.6 Å². The molecule has 0 amide bonds. The highest BCUT2D eigenvalue weighted by atomic mass is 32.2. The van der Waals surface area contributed by atoms with Gasteiger partial charge in [-0.25, -0.2) is 4.98 Å². The number of nitrogens with two attached hydrogens (primary N) is 1. The van der Waals surface area contributed by atoms with Gasteiger partial charge in [-0.15, -0.1) is 11.8 Å². The van der Waals surface area contributed by atoms with E-state index in [4.69, 9.17) is 11.0 Å². The van der Waals surface area contributed by atoms with Crippen molar-refractivity contribution in [1.82, 2.24) is 4.98 Å². The molecule has 0 saturated heterocycles. The average molecular weight is 275 g/mol. The number of rotatable bonds is 3. The first-order valence-electron chi connectivity index (χ1n) is 5.45. The topological polar surface area (TPSA) is 62.7 Å². The van der Waals surface area contributed by atoms with E-state index in [0.29, 0.717) is 10.7 Å². The van der Waals surface area contributed by atoms with E-state index in [-0.39, 0.29) is 0 Å². The maximum Gasteiger partial charge on any atom is 0.181 e. The summed E-state index contributed by atoms with van der Waals surface area (Å²) in [5.74, 6) is 0.875. The second-order valence-corrected chi connectivity index (χ2v) is 6.24. The third kappa shape index (κ3) is 2.84. The van der Waals surface area contributed by atoms with Crippen molar-refractivity contribution in [3.63, 3.8) is 0 Å². The smallest absolute Gasteiger partial charge is 0.181 e. The molecule has 1 aromatic carbocycles. The lowest BCUT2D eigenvalue weighted by atomic mass is 10.1. The van der Waals surface area contributed by atoms with Gasteiger partial charge in [0.1, 0.15) is 0 Å². The maximum absolute atomic E-state index is 8.82. The van der Waals surface area contributed by atoms with Crippen molar-refractivity contribution in [2.24, 2.45) is 0 Å². The lowest BCUT2D eigenvalue weighted by Gasteiger charge is -2.05. The quantitative estimate of drug-likeness (QED) is 0.871. The van der Waals surface area contributed by atoms with Crippen molar-refractivity contribution in [2.75, 3.05) is 5.73 Å². The summed E-state index contributed by atoms with van der Waals surface area (Å²) in [6.07, 6.45) is 0. The number of benzene rings is 1. The van der Waals surface area contributed by atoms with Gasteiger partial charge in [0, 0.05) is 5.75 Å². The Hall–Kier alpha value is -1.51. The van der Waals surface area contributed by atoms with E-state index in [1.807, 2.05) is 32.0 Å². The minimum absolute atomic E-state index is 0.617. The lowest BCUT2D eigenvalue weighted by molar-refractivity contribution is 1.21. The number of nitriles is 1. The summed E-state index contributed by atoms with van der Waals surface area (Å²) >= 11 is 3.27. The standard InChI is InChI=1S/C13H13N3S2/c1-8-5-10(6-14)3-4-11(8)7-17-12-9(2)16-13(15)18-12/h3-5H,7H2,1-2H3,(H2,15,16). The first-order chi connectivity index (χ1) is 8.60. The highest BCUT2D eigenvalue weighted by Crippen LogP contribution is 2.33. The monoisotopic (exact) mass is 275 g/mol. The van der Waals surface area contributed by atoms with E-state index in [0.717, 1.165) is 21.2 Å². The molecule has 0 fully saturated rings. The summed E-state index contributed by atoms with van der Waals surface area (Å²) < 4.78 is 1.16. The predicted molar refractivity (Wildman–Crippen MR) is 76.7 cm³/mol. The second kappa shape index (κ2) is 5.42. The number of thiazole rings is 1. The SMILES string of the molecule is Cc1cc(C#N)ccc1CSc1sc(N)nc1C. The van der Waals surface area contributed by atoms with E-state index >= 15 is 0 Å². The Bertz CT molecular complexity index is 611. The van der Waals surface area contributed by atoms with E-state index in [2.05, 4.69) is 11.1 Å². The van der Waals surface area contributed by atoms with Crippen LogP contribution in [0.4, 0.5) is 5.13 Å². The molecule has 0 unspecified atom stereocenters. The van der Waals surface area contributed by atoms with Crippen LogP contribution in [0, 0.1) is 25.2 Å². The number of thioether (sulfide) groups is 1. The van der Waals surface area contributed by atoms with E-state index in [1.165, 1.54) is 16.9 Å². The van der Waals surface area contributed by atoms with E-state index in [1.54, 1.807) is 11.8 Å². The Kier molecular flexibility index (Phi) is 3.90. The van der Waals surface area contributed by atoms with Crippen LogP contribution in [0.5, 0.6) is 0 Å². The number of aromatic nitrogens is 1. The second-order valence-electron chi connectivity index (χ2n) is 3.97. The Balaban J connectivity index is 2.11. The fourth-order valence-corrected chi connectivity index (χ4v) is 3.71. The fourth-order valence-electron chi connectivity index (χ4n) is 1.61. The predicted octanol–water partition coefficient (Wildman–Crippen LogP) is 3.51. The largest absolute Gasteiger partial charge is 0.375 e. The van der Waals surface area contributed by atoms with Gasteiger partial charge < -0.3 is 5.73 Å². The molecule has 0 bridgehead atoms. The number of nitrogen functional groups attached to an aromatic ring is 1. The van der Waals surface area contributed by atoms with Crippen molar-refractivity contribution in [3.8, 4) is 6.07 Å². The Labute approximate surface area is 115 Å². The van der Waals surface area contributed by atoms with Gasteiger partial charge in [-0.1, -0.05) is 17.4 Å². The van der Waals surface area contributed by atoms with Crippen LogP contribution in [0.2, 0.25) is 0 Å². The summed E-state index contributed by atoms with van der Waals surface area (Å²) in [4.78, 5) is 4.21. The highest BCUT2D eigenvalue weighted by Gasteiger charge is 2.07. The van der Waals surface area contributed by atoms with Gasteiger partial charge in [0.05, 0.1) is 21.5 Å². The minimum Gasteiger partial charge on any atom is -0.375 e. The van der Waals surface area contributed by atoms with Crippen LogP contribution in [0.1, 0.15) is 22.4 Å². The first kappa shape index (κ1) is 12.9. The molecule has 0 atom stereocenters. The molecule has 2 aromatic rings. The number of aryl methyl sites for hydroxylation is 2. The molecule has 0 aliphatic rings. The molecule has 0 aliphatic carbocycles. The molecule has 0 saturated carbocycles. The van der Waals surface area contributed by atoms with Crippen molar-refractivity contribution in [2.45, 2.75) is 23.8 Å². The molecule has 3 nitrogen and oxygen atoms in total. The van der Waals surface area contributed by atoms with Gasteiger partial charge in [-0.05, 0) is 37.1 Å². The third-order valence-electron chi connectivity index (χ3n) is 2.60. The molecular formula is C13H13N3S2. The molecule has 2 rings (SSSR count). The molecule has 1 aromatic heterocycles. The zero-order valence-corrected chi connectivity index (χ0v) is 11.9. The van der Waals surface area contributed by atoms with Gasteiger partial charge in [0.25, 0.3) is 0 Å². The van der Waals surface area contributed by atoms with E-state index < -0.39 is 0 Å². The molecule has 0 radical (unpaired) electrons. The summed E-state index contributed by atoms with van der Waals surface area (Å²) in [5, 5.41) is 9.44. The van der Waals surface area contributed by atoms with Crippen LogP contribution >= 0.6 is 23.1 Å². The molecule has 5 heteroatoms. The van der Waals surface area contributed by atoms with Crippen molar-refractivity contribution < 1.29 is 0 Å². The average Bonchev–Trinajstić information content (AvgIpc) is 2.66. The molecule has 0 aliphatic heterocycles. The van der Waals surface area contributed by atoms with Crippen LogP contribution in [0.3, 0.4) is 0 Å². The Morgan fingerprint density at radius 2 is 2.22 bits per heavy atom. The molecule has 0 spiro atoms. The summed E-state index contributed by atoms with van der Waals surface area (Å²) in [6.45, 7) is 4.01. The summed E-state index contributed by atoms with van der Waals surface area (Å²) in [6, 6.07) is 7.94. The molecule has 1 heterocycles. The number of anilines is 1. The van der Waals surface area contributed by atoms with Gasteiger partial charge in [-0.3, -0.25) is 0 Å². The highest BCUT2D eigenvalue weighted by molar-refractivity contribution is 8.00. The molecule has 2 N–H and O–H groups in total. The van der Waals surface area contributed by atoms with Crippen LogP contribution in [0.15, 0.2) is 22.4 Å². The lowest BCUT2D eigenvalue weighted by Crippen LogP contribution is -1.88. The van der Waals surface area contributed by atoms with Crippen LogP contribution in [-0.4, -0.2) is 4.98 Å². The summed E-state index contributed by atoms with van der Waals surface area (Å²) in [5.41, 5.74) is 9.77. The Morgan fingerprint density at radius 3 is 2.78 bits per heavy atom. The van der Waals surface area contributed by atoms with Gasteiger partial charge >= 0.3 is 0 Å². The first-order valence-corrected chi connectivity index (χ1v) is 7.25. The fraction of sp³-hybridized carbons (Fsp3) is 0.231. The maximum atomic E-state index is 8.82. The van der Waals surface area contributed by atoms with Gasteiger partial charge in [-0.2, -0.15) is 5.26 Å². The molecular weight excluding hydrogens is 262 g/mol. The number of hydrogen-bond donors (Lipinski definition) is 1. The number of nitrogens with zero attached hydrogens (tertiary/aromatic N) is 2. The molecule has 92 valence electrons. The summed E-state index contributed by atoms with van der Waals surface area (Å²) in [7, 11) is 0. The third-order valence-corrected chi connectivity index (χ3v) is 5.00. The minimum atomic E-state index is 0.617. The molecule has 18 heavy (non-hydrogen) atoms. The van der Waals surface area contributed by atoms with Crippen LogP contribution in [-0.2, 0) is 5.75 Å². The Morgan fingerprint density at radius 1 is 1.44 bits per heavy atom. The van der Waals surface area contributed by atoms with Crippen molar-refractivity contribution >= 4 is 28.2 Å².